The third-order valence-electron chi connectivity index (χ3n) is 4.44. The minimum atomic E-state index is -0.566. The summed E-state index contributed by atoms with van der Waals surface area (Å²) in [6.07, 6.45) is 2.60. The van der Waals surface area contributed by atoms with Gasteiger partial charge < -0.3 is 10.2 Å². The number of anilines is 1. The molecular formula is C18H13Cl2F2N5O. The van der Waals surface area contributed by atoms with E-state index in [0.29, 0.717) is 30.0 Å². The molecule has 28 heavy (non-hydrogen) atoms. The third kappa shape index (κ3) is 3.53. The Morgan fingerprint density at radius 1 is 1.07 bits per heavy atom. The van der Waals surface area contributed by atoms with Gasteiger partial charge in [0.1, 0.15) is 16.8 Å². The van der Waals surface area contributed by atoms with E-state index in [1.165, 1.54) is 24.3 Å². The highest BCUT2D eigenvalue weighted by Crippen LogP contribution is 2.30. The standard InChI is InChI=1S/C18H13Cl2F2N5O/c19-13-5-10(1-2-14(13)21)25-18(28)26-3-4-27-16(9-26)12(7-24-27)11-6-17(20)23-8-15(11)22/h1-2,5-8H,3-4,9H2,(H,25,28). The summed E-state index contributed by atoms with van der Waals surface area (Å²) in [5, 5.41) is 7.04. The van der Waals surface area contributed by atoms with Crippen LogP contribution in [0.15, 0.2) is 36.7 Å². The first-order chi connectivity index (χ1) is 13.4. The summed E-state index contributed by atoms with van der Waals surface area (Å²) in [5.74, 6) is -1.09. The first kappa shape index (κ1) is 18.6. The third-order valence-corrected chi connectivity index (χ3v) is 4.94. The Labute approximate surface area is 168 Å². The van der Waals surface area contributed by atoms with Crippen LogP contribution in [0.1, 0.15) is 5.69 Å². The van der Waals surface area contributed by atoms with Crippen LogP contribution in [0.4, 0.5) is 19.3 Å². The number of nitrogens with zero attached hydrogens (tertiary/aromatic N) is 4. The van der Waals surface area contributed by atoms with Crippen LogP contribution in [-0.4, -0.2) is 32.2 Å². The molecule has 4 rings (SSSR count). The zero-order valence-corrected chi connectivity index (χ0v) is 15.8. The molecule has 0 unspecified atom stereocenters. The van der Waals surface area contributed by atoms with Gasteiger partial charge in [0, 0.05) is 23.4 Å². The molecule has 0 bridgehead atoms. The van der Waals surface area contributed by atoms with E-state index in [-0.39, 0.29) is 28.3 Å². The summed E-state index contributed by atoms with van der Waals surface area (Å²) in [4.78, 5) is 17.9. The van der Waals surface area contributed by atoms with Gasteiger partial charge in [0.05, 0.1) is 36.2 Å². The van der Waals surface area contributed by atoms with Gasteiger partial charge in [-0.2, -0.15) is 5.10 Å². The fraction of sp³-hybridized carbons (Fsp3) is 0.167. The van der Waals surface area contributed by atoms with E-state index in [9.17, 15) is 13.6 Å². The van der Waals surface area contributed by atoms with Gasteiger partial charge in [-0.1, -0.05) is 23.2 Å². The van der Waals surface area contributed by atoms with Crippen molar-refractivity contribution in [3.05, 3.63) is 64.2 Å². The highest BCUT2D eigenvalue weighted by atomic mass is 35.5. The average molecular weight is 424 g/mol. The minimum absolute atomic E-state index is 0.0816. The lowest BCUT2D eigenvalue weighted by atomic mass is 10.1. The first-order valence-electron chi connectivity index (χ1n) is 8.29. The number of hydrogen-bond acceptors (Lipinski definition) is 3. The number of urea groups is 1. The molecule has 3 aromatic rings. The molecule has 1 N–H and O–H groups in total. The molecule has 6 nitrogen and oxygen atoms in total. The lowest BCUT2D eigenvalue weighted by Gasteiger charge is -2.28. The number of rotatable bonds is 2. The van der Waals surface area contributed by atoms with Crippen LogP contribution in [0.2, 0.25) is 10.2 Å². The topological polar surface area (TPSA) is 63.1 Å². The second-order valence-corrected chi connectivity index (χ2v) is 6.99. The Bertz CT molecular complexity index is 1070. The molecule has 1 aromatic carbocycles. The van der Waals surface area contributed by atoms with E-state index in [1.54, 1.807) is 15.8 Å². The quantitative estimate of drug-likeness (QED) is 0.613. The molecule has 0 saturated heterocycles. The van der Waals surface area contributed by atoms with Crippen molar-refractivity contribution in [2.75, 3.05) is 11.9 Å². The number of amides is 2. The number of hydrogen-bond donors (Lipinski definition) is 1. The van der Waals surface area contributed by atoms with Crippen molar-refractivity contribution in [3.8, 4) is 11.1 Å². The first-order valence-corrected chi connectivity index (χ1v) is 9.05. The van der Waals surface area contributed by atoms with Gasteiger partial charge in [0.15, 0.2) is 0 Å². The number of nitrogens with one attached hydrogen (secondary N) is 1. The normalized spacial score (nSPS) is 13.4. The molecule has 1 aliphatic heterocycles. The lowest BCUT2D eigenvalue weighted by molar-refractivity contribution is 0.194. The summed E-state index contributed by atoms with van der Waals surface area (Å²) in [5.41, 5.74) is 1.88. The predicted molar refractivity (Wildman–Crippen MR) is 101 cm³/mol. The van der Waals surface area contributed by atoms with Crippen LogP contribution in [0.5, 0.6) is 0 Å². The molecule has 0 spiro atoms. The SMILES string of the molecule is O=C(Nc1ccc(F)c(Cl)c1)N1CCn2ncc(-c3cc(Cl)ncc3F)c2C1. The van der Waals surface area contributed by atoms with Crippen molar-refractivity contribution in [1.29, 1.82) is 0 Å². The molecule has 0 aliphatic carbocycles. The van der Waals surface area contributed by atoms with Crippen molar-refractivity contribution >= 4 is 34.9 Å². The summed E-state index contributed by atoms with van der Waals surface area (Å²) in [7, 11) is 0. The molecular weight excluding hydrogens is 411 g/mol. The molecule has 0 atom stereocenters. The van der Waals surface area contributed by atoms with Crippen LogP contribution < -0.4 is 5.32 Å². The van der Waals surface area contributed by atoms with Gasteiger partial charge in [-0.25, -0.2) is 18.6 Å². The van der Waals surface area contributed by atoms with Gasteiger partial charge in [0.25, 0.3) is 0 Å². The Kier molecular flexibility index (Phi) is 4.91. The van der Waals surface area contributed by atoms with Gasteiger partial charge in [-0.15, -0.1) is 0 Å². The van der Waals surface area contributed by atoms with E-state index in [0.717, 1.165) is 6.20 Å². The van der Waals surface area contributed by atoms with E-state index < -0.39 is 11.6 Å². The number of carbonyl (C=O) groups is 1. The molecule has 0 saturated carbocycles. The summed E-state index contributed by atoms with van der Waals surface area (Å²) < 4.78 is 29.2. The van der Waals surface area contributed by atoms with Crippen molar-refractivity contribution < 1.29 is 13.6 Å². The average Bonchev–Trinajstić information content (AvgIpc) is 3.09. The summed E-state index contributed by atoms with van der Waals surface area (Å²) in [6, 6.07) is 4.98. The van der Waals surface area contributed by atoms with Crippen molar-refractivity contribution in [2.24, 2.45) is 0 Å². The van der Waals surface area contributed by atoms with Gasteiger partial charge in [-0.05, 0) is 24.3 Å². The number of benzene rings is 1. The van der Waals surface area contributed by atoms with E-state index in [4.69, 9.17) is 23.2 Å². The van der Waals surface area contributed by atoms with Crippen molar-refractivity contribution in [3.63, 3.8) is 0 Å². The zero-order valence-electron chi connectivity index (χ0n) is 14.3. The minimum Gasteiger partial charge on any atom is -0.317 e. The predicted octanol–water partition coefficient (Wildman–Crippen LogP) is 4.58. The Morgan fingerprint density at radius 3 is 2.68 bits per heavy atom. The maximum Gasteiger partial charge on any atom is 0.322 e. The van der Waals surface area contributed by atoms with E-state index >= 15 is 0 Å². The van der Waals surface area contributed by atoms with E-state index in [1.807, 2.05) is 0 Å². The molecule has 2 aromatic heterocycles. The van der Waals surface area contributed by atoms with Crippen LogP contribution in [0.25, 0.3) is 11.1 Å². The number of halogens is 4. The fourth-order valence-corrected chi connectivity index (χ4v) is 3.38. The van der Waals surface area contributed by atoms with Crippen LogP contribution in [-0.2, 0) is 13.1 Å². The Balaban J connectivity index is 1.57. The van der Waals surface area contributed by atoms with Crippen LogP contribution in [0, 0.1) is 11.6 Å². The van der Waals surface area contributed by atoms with Gasteiger partial charge >= 0.3 is 6.03 Å². The summed E-state index contributed by atoms with van der Waals surface area (Å²) in [6.45, 7) is 1.08. The Hall–Kier alpha value is -2.71. The lowest BCUT2D eigenvalue weighted by Crippen LogP contribution is -2.41. The second-order valence-electron chi connectivity index (χ2n) is 6.20. The molecule has 2 amide bonds. The largest absolute Gasteiger partial charge is 0.322 e. The molecule has 0 radical (unpaired) electrons. The smallest absolute Gasteiger partial charge is 0.317 e. The zero-order chi connectivity index (χ0) is 19.8. The van der Waals surface area contributed by atoms with Gasteiger partial charge in [0.2, 0.25) is 0 Å². The maximum absolute atomic E-state index is 14.2. The number of aromatic nitrogens is 3. The number of carbonyl (C=O) groups excluding carboxylic acids is 1. The molecule has 10 heteroatoms. The second kappa shape index (κ2) is 7.37. The summed E-state index contributed by atoms with van der Waals surface area (Å²) >= 11 is 11.6. The monoisotopic (exact) mass is 423 g/mol. The fourth-order valence-electron chi connectivity index (χ4n) is 3.04. The van der Waals surface area contributed by atoms with E-state index in [2.05, 4.69) is 15.4 Å². The van der Waals surface area contributed by atoms with Crippen LogP contribution in [0.3, 0.4) is 0 Å². The van der Waals surface area contributed by atoms with Crippen LogP contribution >= 0.6 is 23.2 Å². The number of pyridine rings is 1. The van der Waals surface area contributed by atoms with Gasteiger partial charge in [-0.3, -0.25) is 4.68 Å². The highest BCUT2D eigenvalue weighted by molar-refractivity contribution is 6.31. The highest BCUT2D eigenvalue weighted by Gasteiger charge is 2.26. The molecule has 1 aliphatic rings. The molecule has 144 valence electrons. The number of fused-ring (bicyclic) bond motifs is 1. The maximum atomic E-state index is 14.2. The molecule has 3 heterocycles. The van der Waals surface area contributed by atoms with Crippen molar-refractivity contribution in [2.45, 2.75) is 13.1 Å². The van der Waals surface area contributed by atoms with Crippen molar-refractivity contribution in [1.82, 2.24) is 19.7 Å². The molecule has 0 fully saturated rings. The Morgan fingerprint density at radius 2 is 1.89 bits per heavy atom.